The van der Waals surface area contributed by atoms with E-state index in [-0.39, 0.29) is 23.3 Å². The van der Waals surface area contributed by atoms with Crippen LogP contribution in [0.25, 0.3) is 0 Å². The number of halogens is 1. The standard InChI is InChI=1S/C25H34FN3O2/c1-17(2)29(24(31)18-9-8-10-20(26)13-18)16-19-14-21(11-12-22(19)28(6)7)27-23(30)15-25(3,4)5/h8-14,17H,15-16H2,1-7H3,(H,27,30). The van der Waals surface area contributed by atoms with E-state index in [9.17, 15) is 14.0 Å². The highest BCUT2D eigenvalue weighted by Crippen LogP contribution is 2.27. The molecule has 0 radical (unpaired) electrons. The van der Waals surface area contributed by atoms with Crippen LogP contribution in [-0.4, -0.2) is 36.9 Å². The molecule has 0 saturated heterocycles. The van der Waals surface area contributed by atoms with E-state index >= 15 is 0 Å². The lowest BCUT2D eigenvalue weighted by atomic mass is 9.92. The van der Waals surface area contributed by atoms with Crippen molar-refractivity contribution in [2.75, 3.05) is 24.3 Å². The second-order valence-electron chi connectivity index (χ2n) is 9.56. The second kappa shape index (κ2) is 9.94. The Morgan fingerprint density at radius 3 is 2.29 bits per heavy atom. The molecular weight excluding hydrogens is 393 g/mol. The summed E-state index contributed by atoms with van der Waals surface area (Å²) in [5.74, 6) is -0.721. The molecule has 6 heteroatoms. The Morgan fingerprint density at radius 1 is 1.06 bits per heavy atom. The summed E-state index contributed by atoms with van der Waals surface area (Å²) in [6.45, 7) is 10.3. The van der Waals surface area contributed by atoms with Crippen LogP contribution in [0.5, 0.6) is 0 Å². The number of anilines is 2. The van der Waals surface area contributed by atoms with Gasteiger partial charge < -0.3 is 15.1 Å². The lowest BCUT2D eigenvalue weighted by Crippen LogP contribution is -2.37. The zero-order valence-electron chi connectivity index (χ0n) is 19.6. The van der Waals surface area contributed by atoms with Gasteiger partial charge in [-0.15, -0.1) is 0 Å². The molecule has 0 fully saturated rings. The summed E-state index contributed by atoms with van der Waals surface area (Å²) in [7, 11) is 3.87. The van der Waals surface area contributed by atoms with Crippen LogP contribution >= 0.6 is 0 Å². The van der Waals surface area contributed by atoms with Gasteiger partial charge in [-0.05, 0) is 61.2 Å². The normalized spacial score (nSPS) is 11.4. The van der Waals surface area contributed by atoms with Crippen molar-refractivity contribution in [1.29, 1.82) is 0 Å². The van der Waals surface area contributed by atoms with E-state index in [2.05, 4.69) is 5.32 Å². The minimum Gasteiger partial charge on any atom is -0.377 e. The van der Waals surface area contributed by atoms with Crippen LogP contribution < -0.4 is 10.2 Å². The number of hydrogen-bond donors (Lipinski definition) is 1. The van der Waals surface area contributed by atoms with Crippen LogP contribution in [0.3, 0.4) is 0 Å². The first-order valence-corrected chi connectivity index (χ1v) is 10.5. The molecule has 0 bridgehead atoms. The van der Waals surface area contributed by atoms with Gasteiger partial charge in [-0.1, -0.05) is 26.8 Å². The van der Waals surface area contributed by atoms with Crippen LogP contribution in [0.2, 0.25) is 0 Å². The van der Waals surface area contributed by atoms with E-state index in [0.29, 0.717) is 24.2 Å². The van der Waals surface area contributed by atoms with Crippen molar-refractivity contribution in [3.63, 3.8) is 0 Å². The molecule has 0 spiro atoms. The highest BCUT2D eigenvalue weighted by Gasteiger charge is 2.22. The summed E-state index contributed by atoms with van der Waals surface area (Å²) >= 11 is 0. The van der Waals surface area contributed by atoms with Gasteiger partial charge in [0.15, 0.2) is 0 Å². The molecule has 0 aromatic heterocycles. The SMILES string of the molecule is CC(C)N(Cc1cc(NC(=O)CC(C)(C)C)ccc1N(C)C)C(=O)c1cccc(F)c1. The Morgan fingerprint density at radius 2 is 1.74 bits per heavy atom. The second-order valence-corrected chi connectivity index (χ2v) is 9.56. The molecule has 168 valence electrons. The summed E-state index contributed by atoms with van der Waals surface area (Å²) in [6, 6.07) is 11.4. The van der Waals surface area contributed by atoms with E-state index in [1.165, 1.54) is 18.2 Å². The number of benzene rings is 2. The Kier molecular flexibility index (Phi) is 7.82. The van der Waals surface area contributed by atoms with Crippen molar-refractivity contribution in [3.05, 3.63) is 59.4 Å². The Hall–Kier alpha value is -2.89. The summed E-state index contributed by atoms with van der Waals surface area (Å²) in [6.07, 6.45) is 0.411. The van der Waals surface area contributed by atoms with Crippen LogP contribution in [0, 0.1) is 11.2 Å². The predicted molar refractivity (Wildman–Crippen MR) is 125 cm³/mol. The van der Waals surface area contributed by atoms with Gasteiger partial charge in [-0.3, -0.25) is 9.59 Å². The van der Waals surface area contributed by atoms with Gasteiger partial charge in [0.25, 0.3) is 5.91 Å². The van der Waals surface area contributed by atoms with Crippen molar-refractivity contribution in [2.45, 2.75) is 53.6 Å². The molecule has 5 nitrogen and oxygen atoms in total. The first-order valence-electron chi connectivity index (χ1n) is 10.5. The zero-order chi connectivity index (χ0) is 23.3. The lowest BCUT2D eigenvalue weighted by Gasteiger charge is -2.29. The highest BCUT2D eigenvalue weighted by molar-refractivity contribution is 5.94. The molecule has 31 heavy (non-hydrogen) atoms. The van der Waals surface area contributed by atoms with Crippen molar-refractivity contribution in [1.82, 2.24) is 4.90 Å². The number of nitrogens with one attached hydrogen (secondary N) is 1. The Bertz CT molecular complexity index is 933. The summed E-state index contributed by atoms with van der Waals surface area (Å²) in [4.78, 5) is 29.2. The van der Waals surface area contributed by atoms with Crippen LogP contribution in [-0.2, 0) is 11.3 Å². The Balaban J connectivity index is 2.34. The number of carbonyl (C=O) groups excluding carboxylic acids is 2. The molecule has 0 aliphatic carbocycles. The van der Waals surface area contributed by atoms with Crippen molar-refractivity contribution in [2.24, 2.45) is 5.41 Å². The summed E-state index contributed by atoms with van der Waals surface area (Å²) < 4.78 is 13.7. The molecule has 0 saturated carbocycles. The van der Waals surface area contributed by atoms with Crippen molar-refractivity contribution >= 4 is 23.2 Å². The van der Waals surface area contributed by atoms with Crippen LogP contribution in [0.1, 0.15) is 57.0 Å². The van der Waals surface area contributed by atoms with Crippen molar-refractivity contribution < 1.29 is 14.0 Å². The maximum Gasteiger partial charge on any atom is 0.254 e. The maximum atomic E-state index is 13.7. The van der Waals surface area contributed by atoms with E-state index in [4.69, 9.17) is 0 Å². The zero-order valence-corrected chi connectivity index (χ0v) is 19.6. The average molecular weight is 428 g/mol. The molecule has 1 N–H and O–H groups in total. The third kappa shape index (κ3) is 7.09. The molecule has 2 rings (SSSR count). The third-order valence-electron chi connectivity index (χ3n) is 4.83. The molecule has 0 aliphatic heterocycles. The van der Waals surface area contributed by atoms with Gasteiger partial charge in [0.2, 0.25) is 5.91 Å². The van der Waals surface area contributed by atoms with Crippen molar-refractivity contribution in [3.8, 4) is 0 Å². The number of rotatable bonds is 7. The molecule has 2 aromatic rings. The lowest BCUT2D eigenvalue weighted by molar-refractivity contribution is -0.117. The van der Waals surface area contributed by atoms with Gasteiger partial charge in [0.05, 0.1) is 0 Å². The first kappa shape index (κ1) is 24.4. The monoisotopic (exact) mass is 427 g/mol. The first-order chi connectivity index (χ1) is 14.4. The molecule has 2 amide bonds. The quantitative estimate of drug-likeness (QED) is 0.651. The molecule has 2 aromatic carbocycles. The smallest absolute Gasteiger partial charge is 0.254 e. The predicted octanol–water partition coefficient (Wildman–Crippen LogP) is 5.32. The molecule has 0 atom stereocenters. The Labute approximate surface area is 185 Å². The molecule has 0 heterocycles. The summed E-state index contributed by atoms with van der Waals surface area (Å²) in [5, 5.41) is 2.97. The third-order valence-corrected chi connectivity index (χ3v) is 4.83. The van der Waals surface area contributed by atoms with E-state index in [1.54, 1.807) is 11.0 Å². The van der Waals surface area contributed by atoms with Crippen LogP contribution in [0.15, 0.2) is 42.5 Å². The minimum absolute atomic E-state index is 0.0485. The van der Waals surface area contributed by atoms with Gasteiger partial charge >= 0.3 is 0 Å². The molecule has 0 aliphatic rings. The number of hydrogen-bond acceptors (Lipinski definition) is 3. The highest BCUT2D eigenvalue weighted by atomic mass is 19.1. The number of amides is 2. The number of nitrogens with zero attached hydrogens (tertiary/aromatic N) is 2. The molecule has 0 unspecified atom stereocenters. The van der Waals surface area contributed by atoms with Crippen LogP contribution in [0.4, 0.5) is 15.8 Å². The fourth-order valence-electron chi connectivity index (χ4n) is 3.37. The number of carbonyl (C=O) groups is 2. The maximum absolute atomic E-state index is 13.7. The van der Waals surface area contributed by atoms with E-state index in [0.717, 1.165) is 11.3 Å². The largest absolute Gasteiger partial charge is 0.377 e. The minimum atomic E-state index is -0.438. The fraction of sp³-hybridized carbons (Fsp3) is 0.440. The van der Waals surface area contributed by atoms with Gasteiger partial charge in [0.1, 0.15) is 5.82 Å². The topological polar surface area (TPSA) is 52.7 Å². The average Bonchev–Trinajstić information content (AvgIpc) is 2.63. The molecular formula is C25H34FN3O2. The fourth-order valence-corrected chi connectivity index (χ4v) is 3.37. The van der Waals surface area contributed by atoms with Gasteiger partial charge in [-0.25, -0.2) is 4.39 Å². The van der Waals surface area contributed by atoms with E-state index in [1.807, 2.05) is 71.8 Å². The van der Waals surface area contributed by atoms with Gasteiger partial charge in [0, 0.05) is 50.0 Å². The van der Waals surface area contributed by atoms with Gasteiger partial charge in [-0.2, -0.15) is 0 Å². The van der Waals surface area contributed by atoms with E-state index < -0.39 is 5.82 Å². The summed E-state index contributed by atoms with van der Waals surface area (Å²) in [5.41, 5.74) is 2.75.